The Balaban J connectivity index is 1.41. The molecule has 1 fully saturated rings. The average molecular weight is 521 g/mol. The minimum absolute atomic E-state index is 0.0212. The molecule has 0 atom stereocenters. The molecule has 0 amide bonds. The predicted molar refractivity (Wildman–Crippen MR) is 142 cm³/mol. The SMILES string of the molecule is Cc1ccc(S(=O)(=O)Nc2ccc3nc(N4CCN(c5ccccc5F)CC4)cc(C(=O)O)c3c2)cc1. The fourth-order valence-corrected chi connectivity index (χ4v) is 5.48. The molecule has 5 rings (SSSR count). The molecule has 37 heavy (non-hydrogen) atoms. The lowest BCUT2D eigenvalue weighted by molar-refractivity contribution is 0.0699. The van der Waals surface area contributed by atoms with Crippen LogP contribution in [0.1, 0.15) is 15.9 Å². The number of anilines is 3. The summed E-state index contributed by atoms with van der Waals surface area (Å²) in [5, 5.41) is 10.2. The van der Waals surface area contributed by atoms with Crippen molar-refractivity contribution in [3.63, 3.8) is 0 Å². The molecule has 0 saturated carbocycles. The van der Waals surface area contributed by atoms with Gasteiger partial charge in [-0.2, -0.15) is 0 Å². The van der Waals surface area contributed by atoms with Gasteiger partial charge in [-0.15, -0.1) is 0 Å². The van der Waals surface area contributed by atoms with Crippen LogP contribution in [0.15, 0.2) is 77.7 Å². The normalized spacial score (nSPS) is 14.1. The van der Waals surface area contributed by atoms with Crippen molar-refractivity contribution in [2.24, 2.45) is 0 Å². The van der Waals surface area contributed by atoms with Gasteiger partial charge in [0.05, 0.1) is 21.7 Å². The summed E-state index contributed by atoms with van der Waals surface area (Å²) in [5.41, 5.74) is 2.17. The lowest BCUT2D eigenvalue weighted by Crippen LogP contribution is -2.47. The van der Waals surface area contributed by atoms with Crippen molar-refractivity contribution in [3.05, 3.63) is 89.7 Å². The molecule has 190 valence electrons. The molecule has 1 aliphatic rings. The van der Waals surface area contributed by atoms with Crippen LogP contribution in [0.2, 0.25) is 0 Å². The number of aromatic nitrogens is 1. The van der Waals surface area contributed by atoms with Crippen LogP contribution in [-0.2, 0) is 10.0 Å². The molecule has 2 N–H and O–H groups in total. The number of aromatic carboxylic acids is 1. The number of para-hydroxylation sites is 1. The number of benzene rings is 3. The van der Waals surface area contributed by atoms with E-state index in [1.807, 2.05) is 16.7 Å². The second kappa shape index (κ2) is 9.70. The summed E-state index contributed by atoms with van der Waals surface area (Å²) in [6.45, 7) is 4.07. The first-order valence-corrected chi connectivity index (χ1v) is 13.2. The topological polar surface area (TPSA) is 103 Å². The number of carboxylic acids is 1. The molecule has 10 heteroatoms. The maximum Gasteiger partial charge on any atom is 0.336 e. The van der Waals surface area contributed by atoms with Gasteiger partial charge in [0.2, 0.25) is 0 Å². The van der Waals surface area contributed by atoms with Gasteiger partial charge in [0.1, 0.15) is 11.6 Å². The summed E-state index contributed by atoms with van der Waals surface area (Å²) >= 11 is 0. The number of hydrogen-bond donors (Lipinski definition) is 2. The highest BCUT2D eigenvalue weighted by Crippen LogP contribution is 2.29. The van der Waals surface area contributed by atoms with Crippen LogP contribution in [0.5, 0.6) is 0 Å². The highest BCUT2D eigenvalue weighted by Gasteiger charge is 2.23. The molecule has 0 radical (unpaired) electrons. The van der Waals surface area contributed by atoms with E-state index in [2.05, 4.69) is 9.71 Å². The standard InChI is InChI=1S/C27H25FN4O4S/c1-18-6-9-20(10-7-18)37(35,36)30-19-8-11-24-21(16-19)22(27(33)34)17-26(29-24)32-14-12-31(13-15-32)25-5-3-2-4-23(25)28/h2-11,16-17,30H,12-15H2,1H3,(H,33,34). The monoisotopic (exact) mass is 520 g/mol. The summed E-state index contributed by atoms with van der Waals surface area (Å²) in [6.07, 6.45) is 0. The first kappa shape index (κ1) is 24.5. The van der Waals surface area contributed by atoms with Crippen LogP contribution in [0.4, 0.5) is 21.6 Å². The van der Waals surface area contributed by atoms with Crippen molar-refractivity contribution in [1.82, 2.24) is 4.98 Å². The molecule has 0 bridgehead atoms. The Morgan fingerprint density at radius 1 is 0.946 bits per heavy atom. The number of aryl methyl sites for hydroxylation is 1. The third kappa shape index (κ3) is 5.05. The summed E-state index contributed by atoms with van der Waals surface area (Å²) < 4.78 is 42.3. The lowest BCUT2D eigenvalue weighted by Gasteiger charge is -2.37. The van der Waals surface area contributed by atoms with E-state index in [4.69, 9.17) is 0 Å². The number of pyridine rings is 1. The summed E-state index contributed by atoms with van der Waals surface area (Å²) in [6, 6.07) is 19.2. The lowest BCUT2D eigenvalue weighted by atomic mass is 10.1. The third-order valence-electron chi connectivity index (χ3n) is 6.41. The van der Waals surface area contributed by atoms with Crippen LogP contribution in [0.3, 0.4) is 0 Å². The number of sulfonamides is 1. The van der Waals surface area contributed by atoms with Crippen molar-refractivity contribution in [3.8, 4) is 0 Å². The van der Waals surface area contributed by atoms with E-state index in [9.17, 15) is 22.7 Å². The van der Waals surface area contributed by atoms with Crippen molar-refractivity contribution in [2.45, 2.75) is 11.8 Å². The zero-order chi connectivity index (χ0) is 26.2. The van der Waals surface area contributed by atoms with E-state index in [-0.39, 0.29) is 22.0 Å². The first-order valence-electron chi connectivity index (χ1n) is 11.7. The number of piperazine rings is 1. The van der Waals surface area contributed by atoms with Gasteiger partial charge in [0, 0.05) is 37.3 Å². The molecule has 0 aliphatic carbocycles. The number of fused-ring (bicyclic) bond motifs is 1. The number of carbonyl (C=O) groups is 1. The van der Waals surface area contributed by atoms with Gasteiger partial charge >= 0.3 is 5.97 Å². The van der Waals surface area contributed by atoms with Crippen LogP contribution in [-0.4, -0.2) is 50.7 Å². The molecule has 0 spiro atoms. The van der Waals surface area contributed by atoms with Gasteiger partial charge in [-0.25, -0.2) is 22.6 Å². The smallest absolute Gasteiger partial charge is 0.336 e. The number of rotatable bonds is 6. The van der Waals surface area contributed by atoms with E-state index in [0.29, 0.717) is 48.6 Å². The fourth-order valence-electron chi connectivity index (χ4n) is 4.43. The van der Waals surface area contributed by atoms with Gasteiger partial charge in [0.25, 0.3) is 10.0 Å². The average Bonchev–Trinajstić information content (AvgIpc) is 2.88. The molecular weight excluding hydrogens is 495 g/mol. The van der Waals surface area contributed by atoms with Crippen LogP contribution >= 0.6 is 0 Å². The predicted octanol–water partition coefficient (Wildman–Crippen LogP) is 4.51. The second-order valence-electron chi connectivity index (χ2n) is 8.91. The minimum Gasteiger partial charge on any atom is -0.478 e. The Labute approximate surface area is 214 Å². The molecule has 4 aromatic rings. The maximum atomic E-state index is 14.2. The number of halogens is 1. The molecule has 0 unspecified atom stereocenters. The Morgan fingerprint density at radius 3 is 2.30 bits per heavy atom. The summed E-state index contributed by atoms with van der Waals surface area (Å²) in [5.74, 6) is -0.912. The fraction of sp³-hybridized carbons (Fsp3) is 0.185. The Bertz CT molecular complexity index is 1580. The zero-order valence-corrected chi connectivity index (χ0v) is 20.9. The van der Waals surface area contributed by atoms with Crippen molar-refractivity contribution in [1.29, 1.82) is 0 Å². The zero-order valence-electron chi connectivity index (χ0n) is 20.1. The maximum absolute atomic E-state index is 14.2. The quantitative estimate of drug-likeness (QED) is 0.386. The Hall–Kier alpha value is -4.18. The van der Waals surface area contributed by atoms with E-state index < -0.39 is 16.0 Å². The second-order valence-corrected chi connectivity index (χ2v) is 10.6. The van der Waals surface area contributed by atoms with Crippen molar-refractivity contribution in [2.75, 3.05) is 40.7 Å². The van der Waals surface area contributed by atoms with Crippen molar-refractivity contribution >= 4 is 44.1 Å². The van der Waals surface area contributed by atoms with Gasteiger partial charge in [-0.3, -0.25) is 4.72 Å². The Kier molecular flexibility index (Phi) is 6.43. The highest BCUT2D eigenvalue weighted by molar-refractivity contribution is 7.92. The first-order chi connectivity index (χ1) is 17.7. The van der Waals surface area contributed by atoms with Gasteiger partial charge in [-0.05, 0) is 55.5 Å². The van der Waals surface area contributed by atoms with Crippen molar-refractivity contribution < 1.29 is 22.7 Å². The molecule has 8 nitrogen and oxygen atoms in total. The molecule has 2 heterocycles. The molecule has 3 aromatic carbocycles. The molecule has 1 saturated heterocycles. The number of hydrogen-bond acceptors (Lipinski definition) is 6. The minimum atomic E-state index is -3.85. The van der Waals surface area contributed by atoms with Gasteiger partial charge in [-0.1, -0.05) is 29.8 Å². The third-order valence-corrected chi connectivity index (χ3v) is 7.80. The van der Waals surface area contributed by atoms with E-state index >= 15 is 0 Å². The van der Waals surface area contributed by atoms with Crippen LogP contribution in [0, 0.1) is 12.7 Å². The number of carboxylic acid groups (broad SMARTS) is 1. The number of nitrogens with zero attached hydrogens (tertiary/aromatic N) is 3. The molecular formula is C27H25FN4O4S. The van der Waals surface area contributed by atoms with Gasteiger partial charge in [0.15, 0.2) is 0 Å². The highest BCUT2D eigenvalue weighted by atomic mass is 32.2. The van der Waals surface area contributed by atoms with E-state index in [1.165, 1.54) is 30.3 Å². The number of nitrogens with one attached hydrogen (secondary N) is 1. The van der Waals surface area contributed by atoms with Crippen LogP contribution < -0.4 is 14.5 Å². The van der Waals surface area contributed by atoms with Gasteiger partial charge < -0.3 is 14.9 Å². The van der Waals surface area contributed by atoms with E-state index in [0.717, 1.165) is 5.56 Å². The molecule has 1 aromatic heterocycles. The van der Waals surface area contributed by atoms with E-state index in [1.54, 1.807) is 42.5 Å². The summed E-state index contributed by atoms with van der Waals surface area (Å²) in [7, 11) is -3.85. The summed E-state index contributed by atoms with van der Waals surface area (Å²) in [4.78, 5) is 20.8. The van der Waals surface area contributed by atoms with Crippen LogP contribution in [0.25, 0.3) is 10.9 Å². The Morgan fingerprint density at radius 2 is 1.62 bits per heavy atom. The molecule has 1 aliphatic heterocycles. The largest absolute Gasteiger partial charge is 0.478 e.